The number of ketones is 2. The van der Waals surface area contributed by atoms with Crippen molar-refractivity contribution in [1.29, 1.82) is 0 Å². The van der Waals surface area contributed by atoms with E-state index in [0.717, 1.165) is 31.2 Å². The molecule has 8 heteroatoms. The number of esters is 1. The molecule has 198 valence electrons. The second-order valence-corrected chi connectivity index (χ2v) is 8.89. The summed E-state index contributed by atoms with van der Waals surface area (Å²) in [6.45, 7) is 7.84. The van der Waals surface area contributed by atoms with Crippen LogP contribution in [0.3, 0.4) is 0 Å². The number of hydrogen-bond donors (Lipinski definition) is 3. The summed E-state index contributed by atoms with van der Waals surface area (Å²) < 4.78 is 5.09. The average molecular weight is 495 g/mol. The standard InChI is InChI=1S/C17H24O4.C10H18O4/c1-3-7-13(2)17(20)15(18)10-11-16(19)21-12-14-8-5-4-6-9-14;1-3-4-7(2)10(14)8(11)5-6-9(12)13/h4-6,8-9,13,17,20H,3,7,10-12H2,1-2H3;7,10,14H,3-6H2,1-2H3,(H,12,13). The minimum Gasteiger partial charge on any atom is -0.481 e. The molecule has 0 heterocycles. The maximum atomic E-state index is 11.8. The van der Waals surface area contributed by atoms with Gasteiger partial charge in [-0.1, -0.05) is 70.9 Å². The topological polar surface area (TPSA) is 138 Å². The number of carboxylic acids is 1. The third-order valence-corrected chi connectivity index (χ3v) is 5.63. The number of rotatable bonds is 16. The van der Waals surface area contributed by atoms with Crippen LogP contribution in [0.25, 0.3) is 0 Å². The van der Waals surface area contributed by atoms with Crippen molar-refractivity contribution in [2.45, 2.75) is 97.9 Å². The molecular formula is C27H42O8. The van der Waals surface area contributed by atoms with Gasteiger partial charge in [-0.25, -0.2) is 0 Å². The third kappa shape index (κ3) is 15.1. The number of carbonyl (C=O) groups excluding carboxylic acids is 3. The van der Waals surface area contributed by atoms with Crippen molar-refractivity contribution in [2.75, 3.05) is 0 Å². The molecule has 0 radical (unpaired) electrons. The molecule has 4 atom stereocenters. The molecule has 0 saturated heterocycles. The number of Topliss-reactive ketones (excluding diaryl/α,β-unsaturated/α-hetero) is 2. The first kappa shape index (κ1) is 32.4. The van der Waals surface area contributed by atoms with Gasteiger partial charge in [-0.15, -0.1) is 0 Å². The van der Waals surface area contributed by atoms with E-state index in [1.807, 2.05) is 51.1 Å². The van der Waals surface area contributed by atoms with Crippen LogP contribution < -0.4 is 0 Å². The minimum atomic E-state index is -1.01. The van der Waals surface area contributed by atoms with Gasteiger partial charge in [0.2, 0.25) is 0 Å². The van der Waals surface area contributed by atoms with Crippen LogP contribution in [0.5, 0.6) is 0 Å². The Morgan fingerprint density at radius 3 is 1.66 bits per heavy atom. The van der Waals surface area contributed by atoms with Crippen LogP contribution in [-0.4, -0.2) is 51.0 Å². The molecule has 0 amide bonds. The van der Waals surface area contributed by atoms with Crippen molar-refractivity contribution in [3.05, 3.63) is 35.9 Å². The molecule has 0 saturated carbocycles. The molecule has 3 N–H and O–H groups in total. The maximum Gasteiger partial charge on any atom is 0.306 e. The van der Waals surface area contributed by atoms with Gasteiger partial charge < -0.3 is 20.1 Å². The van der Waals surface area contributed by atoms with Crippen LogP contribution in [0.2, 0.25) is 0 Å². The summed E-state index contributed by atoms with van der Waals surface area (Å²) in [6.07, 6.45) is 1.19. The van der Waals surface area contributed by atoms with E-state index in [4.69, 9.17) is 9.84 Å². The fraction of sp³-hybridized carbons (Fsp3) is 0.630. The Bertz CT molecular complexity index is 762. The number of aliphatic carboxylic acids is 1. The number of aliphatic hydroxyl groups excluding tert-OH is 2. The molecule has 8 nitrogen and oxygen atoms in total. The summed E-state index contributed by atoms with van der Waals surface area (Å²) in [5, 5.41) is 27.7. The van der Waals surface area contributed by atoms with Crippen molar-refractivity contribution in [1.82, 2.24) is 0 Å². The Morgan fingerprint density at radius 2 is 1.23 bits per heavy atom. The molecule has 0 spiro atoms. The maximum absolute atomic E-state index is 11.8. The summed E-state index contributed by atoms with van der Waals surface area (Å²) >= 11 is 0. The molecule has 0 aromatic heterocycles. The van der Waals surface area contributed by atoms with E-state index in [9.17, 15) is 29.4 Å². The molecule has 0 fully saturated rings. The van der Waals surface area contributed by atoms with E-state index in [1.54, 1.807) is 6.92 Å². The second-order valence-electron chi connectivity index (χ2n) is 8.89. The van der Waals surface area contributed by atoms with Gasteiger partial charge in [-0.3, -0.25) is 19.2 Å². The zero-order chi connectivity index (χ0) is 26.8. The SMILES string of the molecule is CCCC(C)C(O)C(=O)CCC(=O)O.CCCC(C)C(O)C(=O)CCC(=O)OCc1ccccc1. The fourth-order valence-electron chi connectivity index (χ4n) is 3.42. The smallest absolute Gasteiger partial charge is 0.306 e. The molecule has 1 aromatic rings. The molecule has 1 aromatic carbocycles. The van der Waals surface area contributed by atoms with E-state index in [1.165, 1.54) is 0 Å². The average Bonchev–Trinajstić information content (AvgIpc) is 2.84. The lowest BCUT2D eigenvalue weighted by Gasteiger charge is -2.16. The fourth-order valence-corrected chi connectivity index (χ4v) is 3.42. The Hall–Kier alpha value is -2.58. The second kappa shape index (κ2) is 18.7. The first-order chi connectivity index (χ1) is 16.5. The van der Waals surface area contributed by atoms with E-state index >= 15 is 0 Å². The van der Waals surface area contributed by atoms with Crippen molar-refractivity contribution < 1.29 is 39.2 Å². The predicted molar refractivity (Wildman–Crippen MR) is 133 cm³/mol. The van der Waals surface area contributed by atoms with Crippen LogP contribution in [0, 0.1) is 11.8 Å². The largest absolute Gasteiger partial charge is 0.481 e. The Kier molecular flexibility index (Phi) is 17.3. The van der Waals surface area contributed by atoms with Crippen LogP contribution >= 0.6 is 0 Å². The summed E-state index contributed by atoms with van der Waals surface area (Å²) in [5.74, 6) is -2.22. The van der Waals surface area contributed by atoms with Gasteiger partial charge in [0.25, 0.3) is 0 Å². The number of ether oxygens (including phenoxy) is 1. The highest BCUT2D eigenvalue weighted by Crippen LogP contribution is 2.14. The Labute approximate surface area is 208 Å². The number of aliphatic hydroxyl groups is 2. The monoisotopic (exact) mass is 494 g/mol. The summed E-state index contributed by atoms with van der Waals surface area (Å²) in [6, 6.07) is 9.38. The van der Waals surface area contributed by atoms with E-state index < -0.39 is 24.1 Å². The minimum absolute atomic E-state index is 0.0154. The lowest BCUT2D eigenvalue weighted by molar-refractivity contribution is -0.147. The molecule has 0 bridgehead atoms. The Morgan fingerprint density at radius 1 is 0.771 bits per heavy atom. The summed E-state index contributed by atoms with van der Waals surface area (Å²) in [5.41, 5.74) is 0.911. The van der Waals surface area contributed by atoms with E-state index in [2.05, 4.69) is 0 Å². The molecule has 4 unspecified atom stereocenters. The van der Waals surface area contributed by atoms with Crippen LogP contribution in [0.1, 0.15) is 84.6 Å². The van der Waals surface area contributed by atoms with E-state index in [0.29, 0.717) is 0 Å². The van der Waals surface area contributed by atoms with E-state index in [-0.39, 0.29) is 55.7 Å². The predicted octanol–water partition coefficient (Wildman–Crippen LogP) is 4.09. The highest BCUT2D eigenvalue weighted by molar-refractivity contribution is 5.86. The van der Waals surface area contributed by atoms with Gasteiger partial charge in [-0.2, -0.15) is 0 Å². The normalized spacial score (nSPS) is 14.0. The number of carboxylic acid groups (broad SMARTS) is 1. The summed E-state index contributed by atoms with van der Waals surface area (Å²) in [4.78, 5) is 44.8. The van der Waals surface area contributed by atoms with Gasteiger partial charge in [0.15, 0.2) is 11.6 Å². The summed E-state index contributed by atoms with van der Waals surface area (Å²) in [7, 11) is 0. The molecule has 1 rings (SSSR count). The van der Waals surface area contributed by atoms with Crippen molar-refractivity contribution in [3.8, 4) is 0 Å². The molecule has 35 heavy (non-hydrogen) atoms. The van der Waals surface area contributed by atoms with Gasteiger partial charge in [0.1, 0.15) is 18.8 Å². The number of carbonyl (C=O) groups is 4. The molecule has 0 aliphatic heterocycles. The molecular weight excluding hydrogens is 452 g/mol. The van der Waals surface area contributed by atoms with Crippen molar-refractivity contribution >= 4 is 23.5 Å². The van der Waals surface area contributed by atoms with Gasteiger partial charge in [0.05, 0.1) is 12.8 Å². The highest BCUT2D eigenvalue weighted by atomic mass is 16.5. The van der Waals surface area contributed by atoms with Gasteiger partial charge in [0, 0.05) is 12.8 Å². The highest BCUT2D eigenvalue weighted by Gasteiger charge is 2.23. The van der Waals surface area contributed by atoms with Crippen LogP contribution in [0.4, 0.5) is 0 Å². The quantitative estimate of drug-likeness (QED) is 0.292. The number of hydrogen-bond acceptors (Lipinski definition) is 7. The zero-order valence-corrected chi connectivity index (χ0v) is 21.4. The van der Waals surface area contributed by atoms with Crippen molar-refractivity contribution in [3.63, 3.8) is 0 Å². The molecule has 0 aliphatic carbocycles. The number of benzene rings is 1. The lowest BCUT2D eigenvalue weighted by Crippen LogP contribution is -2.28. The first-order valence-electron chi connectivity index (χ1n) is 12.4. The van der Waals surface area contributed by atoms with Crippen LogP contribution in [0.15, 0.2) is 30.3 Å². The van der Waals surface area contributed by atoms with Gasteiger partial charge in [-0.05, 0) is 30.2 Å². The zero-order valence-electron chi connectivity index (χ0n) is 21.4. The third-order valence-electron chi connectivity index (χ3n) is 5.63. The Balaban J connectivity index is 0.000000720. The molecule has 0 aliphatic rings. The lowest BCUT2D eigenvalue weighted by atomic mass is 9.94. The van der Waals surface area contributed by atoms with Crippen LogP contribution in [-0.2, 0) is 30.5 Å². The van der Waals surface area contributed by atoms with Crippen molar-refractivity contribution in [2.24, 2.45) is 11.8 Å². The van der Waals surface area contributed by atoms with Gasteiger partial charge >= 0.3 is 11.9 Å². The first-order valence-corrected chi connectivity index (χ1v) is 12.4.